The minimum absolute atomic E-state index is 0.167. The molecule has 0 unspecified atom stereocenters. The van der Waals surface area contributed by atoms with Crippen molar-refractivity contribution in [2.24, 2.45) is 0 Å². The number of ether oxygens (including phenoxy) is 1. The topological polar surface area (TPSA) is 105 Å². The van der Waals surface area contributed by atoms with E-state index >= 15 is 0 Å². The zero-order valence-corrected chi connectivity index (χ0v) is 18.0. The van der Waals surface area contributed by atoms with Gasteiger partial charge in [0.15, 0.2) is 0 Å². The third-order valence-corrected chi connectivity index (χ3v) is 5.44. The number of anilines is 4. The standard InChI is InChI=1S/C21H25N5O3S/c1-4-22-21-23-15(3)14-20(25-21)24-16-6-8-17(9-7-16)26-30(27,28)19-12-10-18(11-13-19)29-5-2/h6-14,26H,4-5H2,1-3H3,(H2,22,23,24,25). The van der Waals surface area contributed by atoms with Gasteiger partial charge < -0.3 is 15.4 Å². The molecule has 1 heterocycles. The Morgan fingerprint density at radius 3 is 2.23 bits per heavy atom. The van der Waals surface area contributed by atoms with Crippen molar-refractivity contribution < 1.29 is 13.2 Å². The van der Waals surface area contributed by atoms with Crippen molar-refractivity contribution in [1.82, 2.24) is 9.97 Å². The molecule has 3 rings (SSSR count). The number of rotatable bonds is 9. The molecule has 0 atom stereocenters. The van der Waals surface area contributed by atoms with Gasteiger partial charge in [-0.2, -0.15) is 4.98 Å². The van der Waals surface area contributed by atoms with Crippen molar-refractivity contribution in [3.63, 3.8) is 0 Å². The monoisotopic (exact) mass is 427 g/mol. The highest BCUT2D eigenvalue weighted by atomic mass is 32.2. The number of benzene rings is 2. The van der Waals surface area contributed by atoms with Crippen molar-refractivity contribution in [2.45, 2.75) is 25.7 Å². The van der Waals surface area contributed by atoms with Crippen LogP contribution in [0.4, 0.5) is 23.1 Å². The van der Waals surface area contributed by atoms with Gasteiger partial charge in [0.05, 0.1) is 11.5 Å². The van der Waals surface area contributed by atoms with Crippen LogP contribution < -0.4 is 20.1 Å². The molecule has 30 heavy (non-hydrogen) atoms. The van der Waals surface area contributed by atoms with E-state index in [1.807, 2.05) is 26.8 Å². The summed E-state index contributed by atoms with van der Waals surface area (Å²) in [6.07, 6.45) is 0. The predicted octanol–water partition coefficient (Wildman–Crippen LogP) is 4.16. The van der Waals surface area contributed by atoms with Crippen molar-refractivity contribution >= 4 is 33.2 Å². The van der Waals surface area contributed by atoms with Gasteiger partial charge in [-0.1, -0.05) is 0 Å². The Labute approximate surface area is 176 Å². The molecule has 9 heteroatoms. The fourth-order valence-electron chi connectivity index (χ4n) is 2.74. The van der Waals surface area contributed by atoms with Crippen LogP contribution in [0.3, 0.4) is 0 Å². The van der Waals surface area contributed by atoms with Crippen molar-refractivity contribution in [1.29, 1.82) is 0 Å². The lowest BCUT2D eigenvalue weighted by atomic mass is 10.3. The maximum Gasteiger partial charge on any atom is 0.261 e. The van der Waals surface area contributed by atoms with Gasteiger partial charge in [-0.15, -0.1) is 0 Å². The van der Waals surface area contributed by atoms with Crippen LogP contribution in [-0.4, -0.2) is 31.5 Å². The van der Waals surface area contributed by atoms with Crippen LogP contribution in [0, 0.1) is 6.92 Å². The summed E-state index contributed by atoms with van der Waals surface area (Å²) < 4.78 is 33.1. The molecular formula is C21H25N5O3S. The van der Waals surface area contributed by atoms with Gasteiger partial charge in [0.2, 0.25) is 5.95 Å². The Morgan fingerprint density at radius 1 is 0.933 bits per heavy atom. The molecule has 0 bridgehead atoms. The van der Waals surface area contributed by atoms with Crippen LogP contribution in [0.5, 0.6) is 5.75 Å². The molecule has 0 saturated carbocycles. The second-order valence-electron chi connectivity index (χ2n) is 6.46. The minimum atomic E-state index is -3.69. The maximum atomic E-state index is 12.6. The first kappa shape index (κ1) is 21.4. The van der Waals surface area contributed by atoms with Crippen LogP contribution in [0.2, 0.25) is 0 Å². The van der Waals surface area contributed by atoms with Crippen molar-refractivity contribution in [2.75, 3.05) is 28.5 Å². The molecule has 3 N–H and O–H groups in total. The van der Waals surface area contributed by atoms with Gasteiger partial charge in [0.1, 0.15) is 11.6 Å². The van der Waals surface area contributed by atoms with E-state index in [0.717, 1.165) is 17.9 Å². The molecule has 0 aliphatic carbocycles. The van der Waals surface area contributed by atoms with Crippen LogP contribution in [-0.2, 0) is 10.0 Å². The van der Waals surface area contributed by atoms with Gasteiger partial charge in [0, 0.05) is 29.7 Å². The number of hydrogen-bond acceptors (Lipinski definition) is 7. The van der Waals surface area contributed by atoms with Crippen LogP contribution in [0.1, 0.15) is 19.5 Å². The Hall–Kier alpha value is -3.33. The third-order valence-electron chi connectivity index (χ3n) is 4.04. The SMILES string of the molecule is CCNc1nc(C)cc(Nc2ccc(NS(=O)(=O)c3ccc(OCC)cc3)cc2)n1. The molecule has 0 amide bonds. The van der Waals surface area contributed by atoms with Crippen LogP contribution in [0.15, 0.2) is 59.5 Å². The number of aromatic nitrogens is 2. The average Bonchev–Trinajstić information content (AvgIpc) is 2.70. The molecule has 8 nitrogen and oxygen atoms in total. The van der Waals surface area contributed by atoms with E-state index in [1.165, 1.54) is 12.1 Å². The molecule has 2 aromatic carbocycles. The predicted molar refractivity (Wildman–Crippen MR) is 119 cm³/mol. The summed E-state index contributed by atoms with van der Waals surface area (Å²) in [7, 11) is -3.69. The van der Waals surface area contributed by atoms with E-state index in [0.29, 0.717) is 29.8 Å². The molecule has 158 valence electrons. The average molecular weight is 428 g/mol. The number of nitrogens with zero attached hydrogens (tertiary/aromatic N) is 2. The van der Waals surface area contributed by atoms with Crippen molar-refractivity contribution in [3.8, 4) is 5.75 Å². The Morgan fingerprint density at radius 2 is 1.60 bits per heavy atom. The molecule has 0 fully saturated rings. The third kappa shape index (κ3) is 5.60. The zero-order valence-electron chi connectivity index (χ0n) is 17.1. The number of hydrogen-bond donors (Lipinski definition) is 3. The zero-order chi connectivity index (χ0) is 21.6. The Kier molecular flexibility index (Phi) is 6.73. The molecular weight excluding hydrogens is 402 g/mol. The minimum Gasteiger partial charge on any atom is -0.494 e. The highest BCUT2D eigenvalue weighted by Gasteiger charge is 2.14. The lowest BCUT2D eigenvalue weighted by molar-refractivity contribution is 0.340. The molecule has 1 aromatic heterocycles. The fourth-order valence-corrected chi connectivity index (χ4v) is 3.79. The van der Waals surface area contributed by atoms with Gasteiger partial charge in [-0.25, -0.2) is 13.4 Å². The molecule has 0 radical (unpaired) electrons. The molecule has 0 saturated heterocycles. The summed E-state index contributed by atoms with van der Waals surface area (Å²) in [4.78, 5) is 8.89. The van der Waals surface area contributed by atoms with E-state index in [9.17, 15) is 8.42 Å². The van der Waals surface area contributed by atoms with Crippen molar-refractivity contribution in [3.05, 3.63) is 60.3 Å². The summed E-state index contributed by atoms with van der Waals surface area (Å²) in [6.45, 7) is 7.00. The van der Waals surface area contributed by atoms with Gasteiger partial charge in [-0.05, 0) is 69.3 Å². The van der Waals surface area contributed by atoms with Gasteiger partial charge in [0.25, 0.3) is 10.0 Å². The van der Waals surface area contributed by atoms with E-state index < -0.39 is 10.0 Å². The van der Waals surface area contributed by atoms with E-state index in [4.69, 9.17) is 4.74 Å². The molecule has 0 aliphatic rings. The normalized spacial score (nSPS) is 11.0. The second-order valence-corrected chi connectivity index (χ2v) is 8.14. The second kappa shape index (κ2) is 9.45. The van der Waals surface area contributed by atoms with Gasteiger partial charge >= 0.3 is 0 Å². The first-order valence-corrected chi connectivity index (χ1v) is 11.1. The van der Waals surface area contributed by atoms with Crippen LogP contribution in [0.25, 0.3) is 0 Å². The highest BCUT2D eigenvalue weighted by molar-refractivity contribution is 7.92. The van der Waals surface area contributed by atoms with E-state index in [2.05, 4.69) is 25.3 Å². The molecule has 0 aliphatic heterocycles. The fraction of sp³-hybridized carbons (Fsp3) is 0.238. The number of aryl methyl sites for hydroxylation is 1. The summed E-state index contributed by atoms with van der Waals surface area (Å²) in [5.74, 6) is 1.84. The quantitative estimate of drug-likeness (QED) is 0.471. The lowest BCUT2D eigenvalue weighted by Gasteiger charge is -2.11. The first-order valence-electron chi connectivity index (χ1n) is 9.62. The largest absolute Gasteiger partial charge is 0.494 e. The summed E-state index contributed by atoms with van der Waals surface area (Å²) in [6, 6.07) is 15.1. The highest BCUT2D eigenvalue weighted by Crippen LogP contribution is 2.22. The van der Waals surface area contributed by atoms with E-state index in [-0.39, 0.29) is 4.90 Å². The Bertz CT molecular complexity index is 1080. The summed E-state index contributed by atoms with van der Waals surface area (Å²) >= 11 is 0. The first-order chi connectivity index (χ1) is 14.4. The number of nitrogens with one attached hydrogen (secondary N) is 3. The summed E-state index contributed by atoms with van der Waals surface area (Å²) in [5, 5.41) is 6.29. The smallest absolute Gasteiger partial charge is 0.261 e. The Balaban J connectivity index is 1.69. The van der Waals surface area contributed by atoms with Crippen LogP contribution >= 0.6 is 0 Å². The van der Waals surface area contributed by atoms with E-state index in [1.54, 1.807) is 36.4 Å². The maximum absolute atomic E-state index is 12.6. The molecule has 3 aromatic rings. The number of sulfonamides is 1. The lowest BCUT2D eigenvalue weighted by Crippen LogP contribution is -2.12. The van der Waals surface area contributed by atoms with Gasteiger partial charge in [-0.3, -0.25) is 4.72 Å². The summed E-state index contributed by atoms with van der Waals surface area (Å²) in [5.41, 5.74) is 2.07. The molecule has 0 spiro atoms.